The van der Waals surface area contributed by atoms with E-state index in [2.05, 4.69) is 65.6 Å². The molecule has 0 radical (unpaired) electrons. The number of carboxylic acid groups (broad SMARTS) is 2. The molecule has 3 aromatic carbocycles. The third-order valence-electron chi connectivity index (χ3n) is 5.89. The Hall–Kier alpha value is -3.97. The van der Waals surface area contributed by atoms with Gasteiger partial charge in [0.05, 0.1) is 0 Å². The van der Waals surface area contributed by atoms with Gasteiger partial charge in [0.25, 0.3) is 0 Å². The highest BCUT2D eigenvalue weighted by atomic mass is 19.1. The number of nitrogens with zero attached hydrogens (tertiary/aromatic N) is 1. The molecule has 1 saturated heterocycles. The maximum Gasteiger partial charge on any atom is 0.328 e. The number of rotatable bonds is 8. The molecule has 0 bridgehead atoms. The van der Waals surface area contributed by atoms with Crippen LogP contribution in [0.25, 0.3) is 0 Å². The van der Waals surface area contributed by atoms with Crippen LogP contribution in [0.2, 0.25) is 0 Å². The number of likely N-dealkylation sites (tertiary alicyclic amines) is 1. The minimum atomic E-state index is -1.26. The Morgan fingerprint density at radius 3 is 2.06 bits per heavy atom. The third-order valence-corrected chi connectivity index (χ3v) is 5.89. The molecule has 7 heteroatoms. The predicted molar refractivity (Wildman–Crippen MR) is 136 cm³/mol. The van der Waals surface area contributed by atoms with Gasteiger partial charge in [-0.05, 0) is 48.2 Å². The molecule has 3 aromatic rings. The second kappa shape index (κ2) is 13.8. The summed E-state index contributed by atoms with van der Waals surface area (Å²) in [5, 5.41) is 15.6. The number of carboxylic acids is 2. The fourth-order valence-electron chi connectivity index (χ4n) is 4.12. The van der Waals surface area contributed by atoms with E-state index in [1.807, 2.05) is 0 Å². The van der Waals surface area contributed by atoms with Gasteiger partial charge < -0.3 is 19.8 Å². The van der Waals surface area contributed by atoms with Gasteiger partial charge in [-0.2, -0.15) is 0 Å². The van der Waals surface area contributed by atoms with Crippen LogP contribution >= 0.6 is 0 Å². The van der Waals surface area contributed by atoms with Crippen LogP contribution in [0.3, 0.4) is 0 Å². The quantitative estimate of drug-likeness (QED) is 0.431. The first kappa shape index (κ1) is 26.6. The van der Waals surface area contributed by atoms with Crippen LogP contribution in [0.15, 0.2) is 97.1 Å². The first-order chi connectivity index (χ1) is 17.4. The normalized spacial score (nSPS) is 17.7. The minimum Gasteiger partial charge on any atom is -0.490 e. The van der Waals surface area contributed by atoms with Crippen molar-refractivity contribution in [3.8, 4) is 5.75 Å². The zero-order valence-corrected chi connectivity index (χ0v) is 19.9. The topological polar surface area (TPSA) is 87.1 Å². The molecule has 2 N–H and O–H groups in total. The highest BCUT2D eigenvalue weighted by molar-refractivity contribution is 5.89. The molecule has 0 unspecified atom stereocenters. The van der Waals surface area contributed by atoms with Crippen LogP contribution in [-0.2, 0) is 16.0 Å². The summed E-state index contributed by atoms with van der Waals surface area (Å²) in [6.07, 6.45) is 3.24. The molecule has 0 spiro atoms. The molecule has 0 aromatic heterocycles. The zero-order chi connectivity index (χ0) is 25.8. The second-order valence-electron chi connectivity index (χ2n) is 8.46. The zero-order valence-electron chi connectivity index (χ0n) is 19.9. The van der Waals surface area contributed by atoms with Crippen LogP contribution in [0.4, 0.5) is 4.39 Å². The SMILES string of the molecule is Fc1ccc(O[C@H]2CCN(CCc3ccccc3)C[C@@H]2c2ccccc2)cc1.O=C(O)/C=C/C(=O)O. The van der Waals surface area contributed by atoms with Gasteiger partial charge in [-0.15, -0.1) is 0 Å². The highest BCUT2D eigenvalue weighted by Gasteiger charge is 2.31. The fraction of sp³-hybridized carbons (Fsp3) is 0.241. The molecule has 36 heavy (non-hydrogen) atoms. The third kappa shape index (κ3) is 9.00. The summed E-state index contributed by atoms with van der Waals surface area (Å²) in [6, 6.07) is 27.6. The van der Waals surface area contributed by atoms with Crippen molar-refractivity contribution in [3.05, 3.63) is 114 Å². The average molecular weight is 492 g/mol. The van der Waals surface area contributed by atoms with E-state index in [1.165, 1.54) is 23.3 Å². The molecule has 4 rings (SSSR count). The summed E-state index contributed by atoms with van der Waals surface area (Å²) >= 11 is 0. The Kier molecular flexibility index (Phi) is 10.2. The van der Waals surface area contributed by atoms with Crippen LogP contribution in [0.1, 0.15) is 23.5 Å². The summed E-state index contributed by atoms with van der Waals surface area (Å²) in [4.78, 5) is 21.6. The summed E-state index contributed by atoms with van der Waals surface area (Å²) in [6.45, 7) is 3.04. The second-order valence-corrected chi connectivity index (χ2v) is 8.46. The van der Waals surface area contributed by atoms with Crippen LogP contribution in [-0.4, -0.2) is 52.8 Å². The van der Waals surface area contributed by atoms with E-state index >= 15 is 0 Å². The van der Waals surface area contributed by atoms with E-state index in [0.29, 0.717) is 18.1 Å². The molecule has 1 fully saturated rings. The van der Waals surface area contributed by atoms with Gasteiger partial charge in [0.2, 0.25) is 0 Å². The maximum atomic E-state index is 13.2. The van der Waals surface area contributed by atoms with E-state index in [1.54, 1.807) is 12.1 Å². The Labute approximate surface area is 210 Å². The number of halogens is 1. The lowest BCUT2D eigenvalue weighted by Gasteiger charge is -2.39. The molecule has 6 nitrogen and oxygen atoms in total. The monoisotopic (exact) mass is 491 g/mol. The number of benzene rings is 3. The smallest absolute Gasteiger partial charge is 0.328 e. The van der Waals surface area contributed by atoms with E-state index in [4.69, 9.17) is 14.9 Å². The van der Waals surface area contributed by atoms with Gasteiger partial charge in [-0.25, -0.2) is 14.0 Å². The summed E-state index contributed by atoms with van der Waals surface area (Å²) in [7, 11) is 0. The van der Waals surface area contributed by atoms with Gasteiger partial charge in [-0.3, -0.25) is 0 Å². The molecule has 1 heterocycles. The standard InChI is InChI=1S/C25H26FNO.C4H4O4/c26-22-11-13-23(14-12-22)28-25-16-18-27(17-15-20-7-3-1-4-8-20)19-24(25)21-9-5-2-6-10-21;5-3(6)1-2-4(7)8/h1-14,24-25H,15-19H2;1-2H,(H,5,6)(H,7,8)/b;2-1+/t24-,25+;/m1./s1. The largest absolute Gasteiger partial charge is 0.490 e. The molecular formula is C29H30FNO5. The molecule has 1 aliphatic heterocycles. The van der Waals surface area contributed by atoms with Crippen molar-refractivity contribution in [1.82, 2.24) is 4.90 Å². The van der Waals surface area contributed by atoms with Crippen LogP contribution < -0.4 is 4.74 Å². The van der Waals surface area contributed by atoms with Gasteiger partial charge >= 0.3 is 11.9 Å². The molecule has 188 valence electrons. The lowest BCUT2D eigenvalue weighted by atomic mass is 9.87. The number of piperidine rings is 1. The number of aliphatic carboxylic acids is 2. The molecular weight excluding hydrogens is 461 g/mol. The van der Waals surface area contributed by atoms with E-state index in [0.717, 1.165) is 38.2 Å². The van der Waals surface area contributed by atoms with E-state index in [-0.39, 0.29) is 11.9 Å². The van der Waals surface area contributed by atoms with Gasteiger partial charge in [0.1, 0.15) is 17.7 Å². The molecule has 0 aliphatic carbocycles. The highest BCUT2D eigenvalue weighted by Crippen LogP contribution is 2.31. The minimum absolute atomic E-state index is 0.0980. The van der Waals surface area contributed by atoms with Crippen LogP contribution in [0.5, 0.6) is 5.75 Å². The number of hydrogen-bond acceptors (Lipinski definition) is 4. The Morgan fingerprint density at radius 1 is 0.889 bits per heavy atom. The Bertz CT molecular complexity index is 1100. The number of ether oxygens (including phenoxy) is 1. The van der Waals surface area contributed by atoms with Crippen molar-refractivity contribution >= 4 is 11.9 Å². The average Bonchev–Trinajstić information content (AvgIpc) is 2.89. The van der Waals surface area contributed by atoms with Crippen molar-refractivity contribution in [2.24, 2.45) is 0 Å². The summed E-state index contributed by atoms with van der Waals surface area (Å²) < 4.78 is 19.5. The van der Waals surface area contributed by atoms with Gasteiger partial charge in [0, 0.05) is 37.7 Å². The van der Waals surface area contributed by atoms with E-state index < -0.39 is 11.9 Å². The maximum absolute atomic E-state index is 13.2. The Balaban J connectivity index is 0.000000392. The van der Waals surface area contributed by atoms with Gasteiger partial charge in [-0.1, -0.05) is 60.7 Å². The van der Waals surface area contributed by atoms with Crippen molar-refractivity contribution in [1.29, 1.82) is 0 Å². The van der Waals surface area contributed by atoms with Crippen molar-refractivity contribution < 1.29 is 28.9 Å². The summed E-state index contributed by atoms with van der Waals surface area (Å²) in [5.41, 5.74) is 2.68. The number of carbonyl (C=O) groups is 2. The fourth-order valence-corrected chi connectivity index (χ4v) is 4.12. The van der Waals surface area contributed by atoms with Crippen LogP contribution in [0, 0.1) is 5.82 Å². The first-order valence-corrected chi connectivity index (χ1v) is 11.8. The van der Waals surface area contributed by atoms with Crippen molar-refractivity contribution in [3.63, 3.8) is 0 Å². The van der Waals surface area contributed by atoms with E-state index in [9.17, 15) is 14.0 Å². The first-order valence-electron chi connectivity index (χ1n) is 11.8. The molecule has 1 aliphatic rings. The lowest BCUT2D eigenvalue weighted by molar-refractivity contribution is -0.134. The Morgan fingerprint density at radius 2 is 1.47 bits per heavy atom. The van der Waals surface area contributed by atoms with Crippen molar-refractivity contribution in [2.75, 3.05) is 19.6 Å². The molecule has 2 atom stereocenters. The lowest BCUT2D eigenvalue weighted by Crippen LogP contribution is -2.44. The summed E-state index contributed by atoms with van der Waals surface area (Å²) in [5.74, 6) is -1.71. The number of hydrogen-bond donors (Lipinski definition) is 2. The molecule has 0 amide bonds. The predicted octanol–water partition coefficient (Wildman–Crippen LogP) is 5.02. The van der Waals surface area contributed by atoms with Crippen molar-refractivity contribution in [2.45, 2.75) is 24.9 Å². The molecule has 0 saturated carbocycles. The van der Waals surface area contributed by atoms with Gasteiger partial charge in [0.15, 0.2) is 0 Å².